The number of rotatable bonds is 0. The molecule has 0 radical (unpaired) electrons. The summed E-state index contributed by atoms with van der Waals surface area (Å²) in [6, 6.07) is 0. The maximum Gasteiger partial charge on any atom is 0.219 e. The first-order valence-corrected chi connectivity index (χ1v) is 4.54. The Bertz CT molecular complexity index is 156. The van der Waals surface area contributed by atoms with Gasteiger partial charge in [-0.3, -0.25) is 4.79 Å². The summed E-state index contributed by atoms with van der Waals surface area (Å²) in [5.74, 6) is 0.209. The Labute approximate surface area is 75.1 Å². The van der Waals surface area contributed by atoms with Crippen LogP contribution >= 0.6 is 22.6 Å². The lowest BCUT2D eigenvalue weighted by Gasteiger charge is -2.16. The molecule has 58 valence electrons. The van der Waals surface area contributed by atoms with Gasteiger partial charge in [-0.05, 0) is 13.3 Å². The molecule has 0 aromatic heterocycles. The number of hydrogen-bond acceptors (Lipinski definition) is 1. The molecule has 1 amide bonds. The third kappa shape index (κ3) is 1.84. The van der Waals surface area contributed by atoms with Gasteiger partial charge in [-0.2, -0.15) is 0 Å². The Morgan fingerprint density at radius 2 is 2.30 bits per heavy atom. The standard InChI is InChI=1S/C7H12INO/c1-6(10)9-4-3-7(2,8)5-9/h3-5H2,1-2H3. The highest BCUT2D eigenvalue weighted by molar-refractivity contribution is 14.1. The van der Waals surface area contributed by atoms with Crippen LogP contribution in [-0.4, -0.2) is 27.3 Å². The molecule has 0 bridgehead atoms. The maximum atomic E-state index is 10.9. The van der Waals surface area contributed by atoms with Gasteiger partial charge in [-0.15, -0.1) is 0 Å². The fourth-order valence-electron chi connectivity index (χ4n) is 1.19. The summed E-state index contributed by atoms with van der Waals surface area (Å²) in [6.45, 7) is 5.69. The normalized spacial score (nSPS) is 32.9. The summed E-state index contributed by atoms with van der Waals surface area (Å²) < 4.78 is 0.323. The fraction of sp³-hybridized carbons (Fsp3) is 0.857. The third-order valence-corrected chi connectivity index (χ3v) is 2.75. The van der Waals surface area contributed by atoms with Crippen LogP contribution in [0, 0.1) is 0 Å². The van der Waals surface area contributed by atoms with Crippen LogP contribution in [0.2, 0.25) is 0 Å². The SMILES string of the molecule is CC(=O)N1CCC(C)(I)C1. The molecule has 0 spiro atoms. The van der Waals surface area contributed by atoms with Crippen LogP contribution < -0.4 is 0 Å². The quantitative estimate of drug-likeness (QED) is 0.472. The van der Waals surface area contributed by atoms with Crippen molar-refractivity contribution < 1.29 is 4.79 Å². The number of carbonyl (C=O) groups excluding carboxylic acids is 1. The summed E-state index contributed by atoms with van der Waals surface area (Å²) in [7, 11) is 0. The number of hydrogen-bond donors (Lipinski definition) is 0. The largest absolute Gasteiger partial charge is 0.342 e. The van der Waals surface area contributed by atoms with Gasteiger partial charge in [0.2, 0.25) is 5.91 Å². The molecule has 1 aliphatic heterocycles. The highest BCUT2D eigenvalue weighted by atomic mass is 127. The van der Waals surface area contributed by atoms with Gasteiger partial charge in [-0.25, -0.2) is 0 Å². The van der Waals surface area contributed by atoms with Gasteiger partial charge < -0.3 is 4.90 Å². The molecule has 1 aliphatic rings. The van der Waals surface area contributed by atoms with Crippen molar-refractivity contribution in [3.8, 4) is 0 Å². The van der Waals surface area contributed by atoms with E-state index in [1.54, 1.807) is 6.92 Å². The number of amides is 1. The second kappa shape index (κ2) is 2.68. The molecule has 0 saturated carbocycles. The first-order valence-electron chi connectivity index (χ1n) is 3.46. The summed E-state index contributed by atoms with van der Waals surface area (Å²) in [4.78, 5) is 12.8. The van der Waals surface area contributed by atoms with E-state index in [1.165, 1.54) is 0 Å². The van der Waals surface area contributed by atoms with Gasteiger partial charge >= 0.3 is 0 Å². The molecular weight excluding hydrogens is 241 g/mol. The third-order valence-electron chi connectivity index (χ3n) is 1.87. The first-order chi connectivity index (χ1) is 4.51. The van der Waals surface area contributed by atoms with Crippen molar-refractivity contribution in [2.45, 2.75) is 23.7 Å². The van der Waals surface area contributed by atoms with E-state index in [0.717, 1.165) is 19.5 Å². The molecule has 3 heteroatoms. The molecule has 0 N–H and O–H groups in total. The van der Waals surface area contributed by atoms with E-state index in [0.29, 0.717) is 3.42 Å². The average molecular weight is 253 g/mol. The number of halogens is 1. The van der Waals surface area contributed by atoms with Gasteiger partial charge in [0.25, 0.3) is 0 Å². The van der Waals surface area contributed by atoms with Crippen molar-refractivity contribution in [2.75, 3.05) is 13.1 Å². The van der Waals surface area contributed by atoms with Crippen LogP contribution in [0.25, 0.3) is 0 Å². The van der Waals surface area contributed by atoms with Crippen LogP contribution in [0.4, 0.5) is 0 Å². The van der Waals surface area contributed by atoms with E-state index in [1.807, 2.05) is 4.90 Å². The van der Waals surface area contributed by atoms with E-state index in [-0.39, 0.29) is 5.91 Å². The summed E-state index contributed by atoms with van der Waals surface area (Å²) >= 11 is 2.42. The lowest BCUT2D eigenvalue weighted by atomic mass is 10.2. The molecule has 1 unspecified atom stereocenters. The minimum absolute atomic E-state index is 0.209. The van der Waals surface area contributed by atoms with Crippen molar-refractivity contribution in [2.24, 2.45) is 0 Å². The minimum Gasteiger partial charge on any atom is -0.342 e. The van der Waals surface area contributed by atoms with Crippen molar-refractivity contribution >= 4 is 28.5 Å². The van der Waals surface area contributed by atoms with Crippen molar-refractivity contribution in [3.63, 3.8) is 0 Å². The zero-order valence-corrected chi connectivity index (χ0v) is 8.51. The topological polar surface area (TPSA) is 20.3 Å². The van der Waals surface area contributed by atoms with E-state index in [2.05, 4.69) is 29.5 Å². The molecular formula is C7H12INO. The predicted molar refractivity (Wildman–Crippen MR) is 49.3 cm³/mol. The van der Waals surface area contributed by atoms with Crippen molar-refractivity contribution in [1.82, 2.24) is 4.90 Å². The molecule has 1 fully saturated rings. The molecule has 0 aliphatic carbocycles. The smallest absolute Gasteiger partial charge is 0.219 e. The Morgan fingerprint density at radius 3 is 2.50 bits per heavy atom. The van der Waals surface area contributed by atoms with E-state index in [4.69, 9.17) is 0 Å². The minimum atomic E-state index is 0.209. The van der Waals surface area contributed by atoms with Crippen LogP contribution in [0.3, 0.4) is 0 Å². The Balaban J connectivity index is 2.51. The Hall–Kier alpha value is 0.200. The molecule has 1 rings (SSSR count). The van der Waals surface area contributed by atoms with E-state index >= 15 is 0 Å². The van der Waals surface area contributed by atoms with E-state index < -0.39 is 0 Å². The molecule has 1 heterocycles. The summed E-state index contributed by atoms with van der Waals surface area (Å²) in [6.07, 6.45) is 1.13. The number of likely N-dealkylation sites (tertiary alicyclic amines) is 1. The lowest BCUT2D eigenvalue weighted by Crippen LogP contribution is -2.28. The van der Waals surface area contributed by atoms with Crippen LogP contribution in [0.1, 0.15) is 20.3 Å². The maximum absolute atomic E-state index is 10.9. The van der Waals surface area contributed by atoms with Crippen molar-refractivity contribution in [1.29, 1.82) is 0 Å². The average Bonchev–Trinajstić information content (AvgIpc) is 2.10. The molecule has 0 aromatic carbocycles. The molecule has 2 nitrogen and oxygen atoms in total. The van der Waals surface area contributed by atoms with Gasteiger partial charge in [0.1, 0.15) is 0 Å². The highest BCUT2D eigenvalue weighted by Crippen LogP contribution is 2.29. The second-order valence-corrected chi connectivity index (χ2v) is 5.71. The van der Waals surface area contributed by atoms with Crippen LogP contribution in [-0.2, 0) is 4.79 Å². The number of nitrogens with zero attached hydrogens (tertiary/aromatic N) is 1. The number of carbonyl (C=O) groups is 1. The number of alkyl halides is 1. The van der Waals surface area contributed by atoms with Crippen LogP contribution in [0.5, 0.6) is 0 Å². The zero-order chi connectivity index (χ0) is 7.78. The summed E-state index contributed by atoms with van der Waals surface area (Å²) in [5.41, 5.74) is 0. The highest BCUT2D eigenvalue weighted by Gasteiger charge is 2.31. The molecule has 1 atom stereocenters. The molecule has 1 saturated heterocycles. The summed E-state index contributed by atoms with van der Waals surface area (Å²) in [5, 5.41) is 0. The predicted octanol–water partition coefficient (Wildman–Crippen LogP) is 1.43. The first kappa shape index (κ1) is 8.30. The fourth-order valence-corrected chi connectivity index (χ4v) is 1.85. The Morgan fingerprint density at radius 1 is 1.70 bits per heavy atom. The van der Waals surface area contributed by atoms with Gasteiger partial charge in [0.05, 0.1) is 0 Å². The second-order valence-electron chi connectivity index (χ2n) is 3.10. The Kier molecular flexibility index (Phi) is 2.22. The van der Waals surface area contributed by atoms with Gasteiger partial charge in [0.15, 0.2) is 0 Å². The monoisotopic (exact) mass is 253 g/mol. The lowest BCUT2D eigenvalue weighted by molar-refractivity contribution is -0.127. The van der Waals surface area contributed by atoms with Gasteiger partial charge in [-0.1, -0.05) is 22.6 Å². The zero-order valence-electron chi connectivity index (χ0n) is 6.35. The van der Waals surface area contributed by atoms with Crippen molar-refractivity contribution in [3.05, 3.63) is 0 Å². The van der Waals surface area contributed by atoms with Gasteiger partial charge in [0, 0.05) is 23.4 Å². The molecule has 0 aromatic rings. The van der Waals surface area contributed by atoms with Crippen LogP contribution in [0.15, 0.2) is 0 Å². The van der Waals surface area contributed by atoms with E-state index in [9.17, 15) is 4.79 Å². The molecule has 10 heavy (non-hydrogen) atoms.